The molecule has 1 aliphatic rings. The summed E-state index contributed by atoms with van der Waals surface area (Å²) in [5, 5.41) is 0. The fourth-order valence-corrected chi connectivity index (χ4v) is 3.91. The first-order valence-corrected chi connectivity index (χ1v) is 8.13. The van der Waals surface area contributed by atoms with Crippen molar-refractivity contribution in [3.63, 3.8) is 0 Å². The van der Waals surface area contributed by atoms with E-state index in [1.807, 2.05) is 0 Å². The molecule has 2 unspecified atom stereocenters. The first-order chi connectivity index (χ1) is 8.74. The zero-order valence-electron chi connectivity index (χ0n) is 10.6. The average molecular weight is 352 g/mol. The van der Waals surface area contributed by atoms with Gasteiger partial charge in [-0.3, -0.25) is 0 Å². The summed E-state index contributed by atoms with van der Waals surface area (Å²) in [5.41, 5.74) is -0.710. The van der Waals surface area contributed by atoms with E-state index in [1.54, 1.807) is 13.8 Å². The number of halogens is 2. The number of ether oxygens (including phenoxy) is 1. The normalized spacial score (nSPS) is 27.7. The van der Waals surface area contributed by atoms with Gasteiger partial charge in [0.05, 0.1) is 11.6 Å². The molecule has 1 N–H and O–H groups in total. The van der Waals surface area contributed by atoms with E-state index in [1.165, 1.54) is 12.1 Å². The van der Waals surface area contributed by atoms with E-state index in [9.17, 15) is 12.8 Å². The molecule has 0 bridgehead atoms. The van der Waals surface area contributed by atoms with Crippen LogP contribution in [0.5, 0.6) is 0 Å². The molecule has 0 spiro atoms. The topological polar surface area (TPSA) is 55.4 Å². The summed E-state index contributed by atoms with van der Waals surface area (Å²) >= 11 is 3.10. The van der Waals surface area contributed by atoms with Crippen LogP contribution in [0.3, 0.4) is 0 Å². The van der Waals surface area contributed by atoms with Crippen LogP contribution < -0.4 is 4.72 Å². The number of nitrogens with one attached hydrogen (secondary N) is 1. The summed E-state index contributed by atoms with van der Waals surface area (Å²) in [6, 6.07) is 3.87. The van der Waals surface area contributed by atoms with Crippen molar-refractivity contribution in [1.29, 1.82) is 0 Å². The van der Waals surface area contributed by atoms with E-state index in [4.69, 9.17) is 4.74 Å². The fourth-order valence-electron chi connectivity index (χ4n) is 2.02. The Morgan fingerprint density at radius 3 is 2.74 bits per heavy atom. The van der Waals surface area contributed by atoms with Crippen molar-refractivity contribution in [2.24, 2.45) is 0 Å². The van der Waals surface area contributed by atoms with Gasteiger partial charge in [0.15, 0.2) is 0 Å². The standard InChI is InChI=1S/C12H15BrFNO3S/c1-8-12(2,5-6-18-8)15-19(16,17)11-4-3-9(13)7-10(11)14/h3-4,7-8,15H,5-6H2,1-2H3. The lowest BCUT2D eigenvalue weighted by Crippen LogP contribution is -2.50. The molecule has 0 saturated carbocycles. The van der Waals surface area contributed by atoms with E-state index in [-0.39, 0.29) is 11.0 Å². The number of benzene rings is 1. The third-order valence-electron chi connectivity index (χ3n) is 3.44. The zero-order valence-corrected chi connectivity index (χ0v) is 13.0. The Morgan fingerprint density at radius 2 is 2.21 bits per heavy atom. The lowest BCUT2D eigenvalue weighted by molar-refractivity contribution is 0.0957. The van der Waals surface area contributed by atoms with Gasteiger partial charge in [0.2, 0.25) is 10.0 Å². The van der Waals surface area contributed by atoms with Gasteiger partial charge < -0.3 is 4.74 Å². The highest BCUT2D eigenvalue weighted by Crippen LogP contribution is 2.28. The molecular formula is C12H15BrFNO3S. The number of rotatable bonds is 3. The molecule has 106 valence electrons. The summed E-state index contributed by atoms with van der Waals surface area (Å²) in [6.07, 6.45) is 0.312. The molecule has 0 amide bonds. The lowest BCUT2D eigenvalue weighted by atomic mass is 9.97. The van der Waals surface area contributed by atoms with Crippen LogP contribution in [0, 0.1) is 5.82 Å². The van der Waals surface area contributed by atoms with Crippen molar-refractivity contribution in [2.75, 3.05) is 6.61 Å². The molecule has 1 saturated heterocycles. The van der Waals surface area contributed by atoms with Gasteiger partial charge in [-0.15, -0.1) is 0 Å². The highest BCUT2D eigenvalue weighted by Gasteiger charge is 2.41. The minimum Gasteiger partial charge on any atom is -0.376 e. The number of sulfonamides is 1. The van der Waals surface area contributed by atoms with Crippen molar-refractivity contribution in [1.82, 2.24) is 4.72 Å². The Hall–Kier alpha value is -0.500. The fraction of sp³-hybridized carbons (Fsp3) is 0.500. The van der Waals surface area contributed by atoms with Gasteiger partial charge >= 0.3 is 0 Å². The van der Waals surface area contributed by atoms with Crippen LogP contribution >= 0.6 is 15.9 Å². The Labute approximate surface area is 120 Å². The minimum absolute atomic E-state index is 0.249. The molecular weight excluding hydrogens is 337 g/mol. The molecule has 0 aromatic heterocycles. The van der Waals surface area contributed by atoms with Gasteiger partial charge in [0, 0.05) is 11.1 Å². The maximum Gasteiger partial charge on any atom is 0.244 e. The summed E-state index contributed by atoms with van der Waals surface area (Å²) in [6.45, 7) is 4.05. The number of hydrogen-bond donors (Lipinski definition) is 1. The Bertz CT molecular complexity index is 593. The van der Waals surface area contributed by atoms with Gasteiger partial charge in [-0.1, -0.05) is 15.9 Å². The van der Waals surface area contributed by atoms with Crippen LogP contribution in [0.1, 0.15) is 20.3 Å². The molecule has 2 atom stereocenters. The van der Waals surface area contributed by atoms with Crippen molar-refractivity contribution in [2.45, 2.75) is 36.8 Å². The van der Waals surface area contributed by atoms with Crippen LogP contribution in [-0.4, -0.2) is 26.7 Å². The van der Waals surface area contributed by atoms with Crippen LogP contribution in [0.2, 0.25) is 0 Å². The molecule has 1 fully saturated rings. The molecule has 2 rings (SSSR count). The SMILES string of the molecule is CC1OCCC1(C)NS(=O)(=O)c1ccc(Br)cc1F. The van der Waals surface area contributed by atoms with Crippen LogP contribution in [0.15, 0.2) is 27.6 Å². The molecule has 1 aromatic carbocycles. The van der Waals surface area contributed by atoms with Crippen molar-refractivity contribution >= 4 is 26.0 Å². The van der Waals surface area contributed by atoms with Gasteiger partial charge in [0.25, 0.3) is 0 Å². The third-order valence-corrected chi connectivity index (χ3v) is 5.58. The molecule has 4 nitrogen and oxygen atoms in total. The third kappa shape index (κ3) is 2.99. The van der Waals surface area contributed by atoms with Gasteiger partial charge in [-0.05, 0) is 38.5 Å². The second-order valence-corrected chi connectivity index (χ2v) is 7.43. The van der Waals surface area contributed by atoms with Crippen molar-refractivity contribution < 1.29 is 17.5 Å². The molecule has 19 heavy (non-hydrogen) atoms. The Balaban J connectivity index is 2.33. The van der Waals surface area contributed by atoms with E-state index in [2.05, 4.69) is 20.7 Å². The first-order valence-electron chi connectivity index (χ1n) is 5.85. The number of hydrogen-bond acceptors (Lipinski definition) is 3. The Kier molecular flexibility index (Phi) is 4.02. The summed E-state index contributed by atoms with van der Waals surface area (Å²) in [5.74, 6) is -0.781. The van der Waals surface area contributed by atoms with Crippen molar-refractivity contribution in [3.8, 4) is 0 Å². The van der Waals surface area contributed by atoms with E-state index >= 15 is 0 Å². The summed E-state index contributed by atoms with van der Waals surface area (Å²) < 4.78 is 46.7. The maximum absolute atomic E-state index is 13.8. The largest absolute Gasteiger partial charge is 0.376 e. The first kappa shape index (κ1) is 14.9. The molecule has 1 aliphatic heterocycles. The smallest absolute Gasteiger partial charge is 0.244 e. The second-order valence-electron chi connectivity index (χ2n) is 4.86. The van der Waals surface area contributed by atoms with Crippen molar-refractivity contribution in [3.05, 3.63) is 28.5 Å². The highest BCUT2D eigenvalue weighted by atomic mass is 79.9. The monoisotopic (exact) mass is 351 g/mol. The molecule has 7 heteroatoms. The van der Waals surface area contributed by atoms with Crippen LogP contribution in [0.4, 0.5) is 4.39 Å². The van der Waals surface area contributed by atoms with Crippen LogP contribution in [-0.2, 0) is 14.8 Å². The minimum atomic E-state index is -3.91. The lowest BCUT2D eigenvalue weighted by Gasteiger charge is -2.28. The molecule has 1 aromatic rings. The average Bonchev–Trinajstić information content (AvgIpc) is 2.57. The highest BCUT2D eigenvalue weighted by molar-refractivity contribution is 9.10. The predicted octanol–water partition coefficient (Wildman–Crippen LogP) is 2.43. The van der Waals surface area contributed by atoms with E-state index in [0.29, 0.717) is 17.5 Å². The Morgan fingerprint density at radius 1 is 1.53 bits per heavy atom. The van der Waals surface area contributed by atoms with Gasteiger partial charge in [0.1, 0.15) is 10.7 Å². The van der Waals surface area contributed by atoms with Crippen LogP contribution in [0.25, 0.3) is 0 Å². The van der Waals surface area contributed by atoms with Gasteiger partial charge in [-0.25, -0.2) is 17.5 Å². The zero-order chi connectivity index (χ0) is 14.3. The van der Waals surface area contributed by atoms with E-state index in [0.717, 1.165) is 6.07 Å². The molecule has 1 heterocycles. The van der Waals surface area contributed by atoms with Gasteiger partial charge in [-0.2, -0.15) is 0 Å². The quantitative estimate of drug-likeness (QED) is 0.909. The second kappa shape index (κ2) is 5.12. The predicted molar refractivity (Wildman–Crippen MR) is 72.9 cm³/mol. The summed E-state index contributed by atoms with van der Waals surface area (Å²) in [7, 11) is -3.91. The van der Waals surface area contributed by atoms with E-state index < -0.39 is 21.4 Å². The maximum atomic E-state index is 13.8. The molecule has 0 aliphatic carbocycles. The summed E-state index contributed by atoms with van der Waals surface area (Å²) in [4.78, 5) is -0.351. The molecule has 0 radical (unpaired) electrons.